The van der Waals surface area contributed by atoms with Crippen molar-refractivity contribution in [1.29, 1.82) is 0 Å². The number of thiol groups is 1. The Balaban J connectivity index is 2.96. The van der Waals surface area contributed by atoms with Crippen LogP contribution in [0.4, 0.5) is 0 Å². The molecule has 0 spiro atoms. The van der Waals surface area contributed by atoms with Crippen molar-refractivity contribution < 1.29 is 19.5 Å². The number of nitrogens with zero attached hydrogens (tertiary/aromatic N) is 1. The van der Waals surface area contributed by atoms with Crippen LogP contribution in [0.3, 0.4) is 0 Å². The second-order valence-electron chi connectivity index (χ2n) is 7.89. The van der Waals surface area contributed by atoms with Gasteiger partial charge in [-0.3, -0.25) is 13.9 Å². The first-order valence-electron chi connectivity index (χ1n) is 11.0. The highest BCUT2D eigenvalue weighted by Gasteiger charge is 2.30. The van der Waals surface area contributed by atoms with E-state index in [0.717, 1.165) is 12.0 Å². The molecule has 7 nitrogen and oxygen atoms in total. The summed E-state index contributed by atoms with van der Waals surface area (Å²) in [7, 11) is 0. The lowest BCUT2D eigenvalue weighted by molar-refractivity contribution is -0.142. The van der Waals surface area contributed by atoms with Gasteiger partial charge in [-0.1, -0.05) is 70.3 Å². The Hall–Kier alpha value is -1.71. The normalized spacial score (nSPS) is 14.8. The van der Waals surface area contributed by atoms with Crippen molar-refractivity contribution in [2.24, 2.45) is 5.92 Å². The van der Waals surface area contributed by atoms with Crippen LogP contribution >= 0.6 is 24.6 Å². The number of amides is 2. The van der Waals surface area contributed by atoms with Gasteiger partial charge in [0, 0.05) is 13.0 Å². The quantitative estimate of drug-likeness (QED) is 0.286. The Morgan fingerprint density at radius 1 is 1.19 bits per heavy atom. The number of carbonyl (C=O) groups excluding carboxylic acids is 2. The summed E-state index contributed by atoms with van der Waals surface area (Å²) in [5.41, 5.74) is 1.06. The van der Waals surface area contributed by atoms with Gasteiger partial charge in [0.1, 0.15) is 6.04 Å². The summed E-state index contributed by atoms with van der Waals surface area (Å²) in [5.74, 6) is -0.835. The summed E-state index contributed by atoms with van der Waals surface area (Å²) in [6.07, 6.45) is 3.93. The number of hydrogen-bond acceptors (Lipinski definition) is 6. The fourth-order valence-electron chi connectivity index (χ4n) is 3.30. The summed E-state index contributed by atoms with van der Waals surface area (Å²) in [6.45, 7) is 6.09. The summed E-state index contributed by atoms with van der Waals surface area (Å²) >= 11 is 5.98. The topological polar surface area (TPSA) is 98.7 Å². The van der Waals surface area contributed by atoms with Crippen LogP contribution in [-0.2, 0) is 20.8 Å². The second-order valence-corrected chi connectivity index (χ2v) is 9.30. The largest absolute Gasteiger partial charge is 0.480 e. The highest BCUT2D eigenvalue weighted by atomic mass is 32.2. The molecule has 9 heteroatoms. The molecule has 0 saturated carbocycles. The third-order valence-electron chi connectivity index (χ3n) is 5.51. The van der Waals surface area contributed by atoms with Crippen molar-refractivity contribution in [3.05, 3.63) is 35.9 Å². The molecule has 0 radical (unpaired) electrons. The van der Waals surface area contributed by atoms with E-state index in [2.05, 4.69) is 23.4 Å². The maximum absolute atomic E-state index is 13.0. The third-order valence-corrected chi connectivity index (χ3v) is 6.71. The van der Waals surface area contributed by atoms with Crippen molar-refractivity contribution in [3.8, 4) is 0 Å². The minimum Gasteiger partial charge on any atom is -0.480 e. The highest BCUT2D eigenvalue weighted by molar-refractivity contribution is 7.98. The van der Waals surface area contributed by atoms with Crippen molar-refractivity contribution >= 4 is 42.4 Å². The number of hydrogen-bond donors (Lipinski definition) is 4. The zero-order valence-corrected chi connectivity index (χ0v) is 21.1. The molecule has 0 fully saturated rings. The number of aliphatic carboxylic acids is 1. The molecular weight excluding hydrogens is 446 g/mol. The molecule has 3 N–H and O–H groups in total. The van der Waals surface area contributed by atoms with Gasteiger partial charge < -0.3 is 15.7 Å². The number of nitrogens with one attached hydrogen (secondary N) is 2. The molecule has 0 heterocycles. The zero-order chi connectivity index (χ0) is 24.1. The van der Waals surface area contributed by atoms with E-state index in [1.165, 1.54) is 4.31 Å². The standard InChI is InChI=1S/C23H37N3O4S2/c1-5-16(3)21(22(28)25-19(23(29)30)12-13-32-4)24-15-18(26(31)20(27)6-2)14-17-10-8-7-9-11-17/h7-11,16,18-19,21,24,31H,5-6,12-15H2,1-4H3,(H,25,28)(H,29,30). The number of carbonyl (C=O) groups is 3. The monoisotopic (exact) mass is 483 g/mol. The van der Waals surface area contributed by atoms with Gasteiger partial charge in [-0.25, -0.2) is 4.79 Å². The number of rotatable bonds is 15. The van der Waals surface area contributed by atoms with Crippen molar-refractivity contribution in [1.82, 2.24) is 14.9 Å². The van der Waals surface area contributed by atoms with Gasteiger partial charge in [0.05, 0.1) is 12.1 Å². The molecule has 0 aliphatic carbocycles. The minimum atomic E-state index is -1.03. The predicted molar refractivity (Wildman–Crippen MR) is 134 cm³/mol. The first kappa shape index (κ1) is 28.3. The molecule has 0 aromatic heterocycles. The maximum Gasteiger partial charge on any atom is 0.326 e. The van der Waals surface area contributed by atoms with Crippen molar-refractivity contribution in [3.63, 3.8) is 0 Å². The molecule has 0 aliphatic rings. The summed E-state index contributed by atoms with van der Waals surface area (Å²) in [4.78, 5) is 36.9. The minimum absolute atomic E-state index is 0.0161. The lowest BCUT2D eigenvalue weighted by Crippen LogP contribution is -2.55. The van der Waals surface area contributed by atoms with Crippen LogP contribution in [0.2, 0.25) is 0 Å². The first-order valence-corrected chi connectivity index (χ1v) is 12.8. The highest BCUT2D eigenvalue weighted by Crippen LogP contribution is 2.15. The number of benzene rings is 1. The zero-order valence-electron chi connectivity index (χ0n) is 19.4. The fraction of sp³-hybridized carbons (Fsp3) is 0.609. The molecular formula is C23H37N3O4S2. The van der Waals surface area contributed by atoms with Gasteiger partial charge in [0.2, 0.25) is 11.8 Å². The molecule has 4 unspecified atom stereocenters. The molecule has 32 heavy (non-hydrogen) atoms. The number of carboxylic acid groups (broad SMARTS) is 1. The van der Waals surface area contributed by atoms with Crippen molar-refractivity contribution in [2.75, 3.05) is 18.6 Å². The summed E-state index contributed by atoms with van der Waals surface area (Å²) < 4.78 is 1.43. The Labute approximate surface area is 201 Å². The maximum atomic E-state index is 13.0. The van der Waals surface area contributed by atoms with E-state index in [1.807, 2.05) is 50.4 Å². The molecule has 1 aromatic carbocycles. The molecule has 180 valence electrons. The average Bonchev–Trinajstić information content (AvgIpc) is 2.80. The second kappa shape index (κ2) is 15.2. The van der Waals surface area contributed by atoms with E-state index in [0.29, 0.717) is 31.6 Å². The smallest absolute Gasteiger partial charge is 0.326 e. The van der Waals surface area contributed by atoms with Crippen molar-refractivity contribution in [2.45, 2.75) is 64.6 Å². The van der Waals surface area contributed by atoms with E-state index < -0.39 is 18.1 Å². The van der Waals surface area contributed by atoms with Gasteiger partial charge in [-0.05, 0) is 36.3 Å². The molecule has 4 atom stereocenters. The molecule has 1 aromatic rings. The Morgan fingerprint density at radius 2 is 1.84 bits per heavy atom. The average molecular weight is 484 g/mol. The van der Waals surface area contributed by atoms with Gasteiger partial charge in [0.25, 0.3) is 0 Å². The molecule has 0 bridgehead atoms. The Kier molecular flexibility index (Phi) is 13.4. The van der Waals surface area contributed by atoms with Gasteiger partial charge in [0.15, 0.2) is 0 Å². The van der Waals surface area contributed by atoms with E-state index in [4.69, 9.17) is 0 Å². The van der Waals surface area contributed by atoms with E-state index in [1.54, 1.807) is 18.7 Å². The van der Waals surface area contributed by atoms with E-state index in [9.17, 15) is 19.5 Å². The summed E-state index contributed by atoms with van der Waals surface area (Å²) in [5, 5.41) is 15.5. The lowest BCUT2D eigenvalue weighted by Gasteiger charge is -2.31. The van der Waals surface area contributed by atoms with E-state index >= 15 is 0 Å². The molecule has 0 aliphatic heterocycles. The number of thioether (sulfide) groups is 1. The number of carboxylic acids is 1. The van der Waals surface area contributed by atoms with Crippen LogP contribution in [0.25, 0.3) is 0 Å². The van der Waals surface area contributed by atoms with Crippen LogP contribution in [0.1, 0.15) is 45.6 Å². The van der Waals surface area contributed by atoms with E-state index in [-0.39, 0.29) is 23.8 Å². The summed E-state index contributed by atoms with van der Waals surface area (Å²) in [6, 6.07) is 8.05. The molecule has 1 rings (SSSR count). The SMILES string of the molecule is CCC(=O)N(S)C(CNC(C(=O)NC(CCSC)C(=O)O)C(C)CC)Cc1ccccc1. The molecule has 0 saturated heterocycles. The van der Waals surface area contributed by atoms with Crippen LogP contribution in [0.15, 0.2) is 30.3 Å². The Morgan fingerprint density at radius 3 is 2.38 bits per heavy atom. The predicted octanol–water partition coefficient (Wildman–Crippen LogP) is 3.01. The van der Waals surface area contributed by atoms with Gasteiger partial charge in [-0.2, -0.15) is 11.8 Å². The van der Waals surface area contributed by atoms with Crippen LogP contribution < -0.4 is 10.6 Å². The van der Waals surface area contributed by atoms with Crippen LogP contribution in [-0.4, -0.2) is 63.9 Å². The lowest BCUT2D eigenvalue weighted by atomic mass is 9.97. The van der Waals surface area contributed by atoms with Crippen LogP contribution in [0.5, 0.6) is 0 Å². The van der Waals surface area contributed by atoms with Gasteiger partial charge >= 0.3 is 5.97 Å². The third kappa shape index (κ3) is 9.42. The van der Waals surface area contributed by atoms with Crippen LogP contribution in [0, 0.1) is 5.92 Å². The Bertz CT molecular complexity index is 720. The molecule has 2 amide bonds. The fourth-order valence-corrected chi connectivity index (χ4v) is 4.08. The first-order chi connectivity index (χ1) is 15.2. The van der Waals surface area contributed by atoms with Gasteiger partial charge in [-0.15, -0.1) is 0 Å².